The topological polar surface area (TPSA) is 116 Å². The SMILES string of the molecule is [3H]O/C(C(=O)OC)=C(\C(=O)OC)[N+](=O)[O-]. The monoisotopic (exact) mass is 207 g/mol. The number of nitrogens with zero attached hydrogens (tertiary/aromatic N) is 1. The van der Waals surface area contributed by atoms with E-state index < -0.39 is 28.3 Å². The quantitative estimate of drug-likeness (QED) is 0.214. The lowest BCUT2D eigenvalue weighted by atomic mass is 10.3. The van der Waals surface area contributed by atoms with E-state index in [0.29, 0.717) is 0 Å². The zero-order valence-electron chi connectivity index (χ0n) is 8.30. The van der Waals surface area contributed by atoms with Gasteiger partial charge < -0.3 is 14.6 Å². The summed E-state index contributed by atoms with van der Waals surface area (Å²) in [6, 6.07) is 0. The van der Waals surface area contributed by atoms with Crippen molar-refractivity contribution < 1.29 is 29.1 Å². The van der Waals surface area contributed by atoms with Crippen molar-refractivity contribution in [1.29, 1.82) is 1.43 Å². The fraction of sp³-hybridized carbons (Fsp3) is 0.333. The summed E-state index contributed by atoms with van der Waals surface area (Å²) in [4.78, 5) is 30.9. The zero-order valence-corrected chi connectivity index (χ0v) is 7.30. The average molecular weight is 207 g/mol. The maximum Gasteiger partial charge on any atom is 0.414 e. The van der Waals surface area contributed by atoms with E-state index in [1.807, 2.05) is 0 Å². The Labute approximate surface area is 79.4 Å². The van der Waals surface area contributed by atoms with E-state index in [2.05, 4.69) is 14.6 Å². The van der Waals surface area contributed by atoms with Crippen LogP contribution in [-0.2, 0) is 19.1 Å². The number of carbonyl (C=O) groups is 2. The number of aliphatic hydroxyl groups excluding tert-OH is 1. The first-order chi connectivity index (χ1) is 6.99. The van der Waals surface area contributed by atoms with Crippen molar-refractivity contribution >= 4 is 11.9 Å². The molecule has 0 saturated carbocycles. The van der Waals surface area contributed by atoms with Crippen LogP contribution >= 0.6 is 0 Å². The van der Waals surface area contributed by atoms with Gasteiger partial charge in [0.2, 0.25) is 0 Å². The molecule has 0 unspecified atom stereocenters. The first-order valence-corrected chi connectivity index (χ1v) is 3.18. The molecule has 0 aliphatic heterocycles. The molecule has 0 saturated heterocycles. The number of rotatable bonds is 4. The number of ether oxygens (including phenoxy) is 2. The van der Waals surface area contributed by atoms with Gasteiger partial charge in [0.15, 0.2) is 0 Å². The van der Waals surface area contributed by atoms with Gasteiger partial charge in [0, 0.05) is 0 Å². The normalized spacial score (nSPS) is 12.0. The molecule has 8 heteroatoms. The molecule has 0 aromatic rings. The standard InChI is InChI=1S/C6H7NO7/c1-13-5(9)3(7(11)12)4(8)6(10)14-2/h8H,1-2H3/b4-3+/i/hT. The molecule has 0 bridgehead atoms. The number of nitro groups is 1. The van der Waals surface area contributed by atoms with Gasteiger partial charge in [-0.1, -0.05) is 0 Å². The number of carbonyl (C=O) groups excluding carboxylic acids is 2. The molecule has 0 aromatic heterocycles. The number of hydrogen-bond acceptors (Lipinski definition) is 7. The van der Waals surface area contributed by atoms with Crippen LogP contribution in [0.4, 0.5) is 0 Å². The van der Waals surface area contributed by atoms with E-state index in [4.69, 9.17) is 1.43 Å². The summed E-state index contributed by atoms with van der Waals surface area (Å²) in [7, 11) is 1.79. The summed E-state index contributed by atoms with van der Waals surface area (Å²) in [5.74, 6) is -3.87. The van der Waals surface area contributed by atoms with Crippen molar-refractivity contribution in [1.82, 2.24) is 0 Å². The lowest BCUT2D eigenvalue weighted by molar-refractivity contribution is -0.423. The average Bonchev–Trinajstić information content (AvgIpc) is 2.22. The van der Waals surface area contributed by atoms with Crippen molar-refractivity contribution in [2.45, 2.75) is 0 Å². The van der Waals surface area contributed by atoms with Gasteiger partial charge in [-0.3, -0.25) is 10.1 Å². The molecule has 14 heavy (non-hydrogen) atoms. The maximum absolute atomic E-state index is 10.9. The largest absolute Gasteiger partial charge is 0.497 e. The molecular formula is C6H7NO7. The molecule has 8 nitrogen and oxygen atoms in total. The van der Waals surface area contributed by atoms with Gasteiger partial charge in [0.05, 0.1) is 19.1 Å². The first-order valence-electron chi connectivity index (χ1n) is 3.58. The Kier molecular flexibility index (Phi) is 3.41. The van der Waals surface area contributed by atoms with Crippen LogP contribution < -0.4 is 0 Å². The van der Waals surface area contributed by atoms with E-state index >= 15 is 0 Å². The highest BCUT2D eigenvalue weighted by Gasteiger charge is 2.33. The molecule has 0 fully saturated rings. The molecule has 0 spiro atoms. The van der Waals surface area contributed by atoms with Crippen LogP contribution in [0.1, 0.15) is 0 Å². The van der Waals surface area contributed by atoms with Gasteiger partial charge in [0.25, 0.3) is 7.19 Å². The third-order valence-corrected chi connectivity index (χ3v) is 1.15. The Morgan fingerprint density at radius 3 is 2.14 bits per heavy atom. The summed E-state index contributed by atoms with van der Waals surface area (Å²) in [6.07, 6.45) is 0. The Bertz CT molecular complexity index is 323. The minimum absolute atomic E-state index is 0.880. The molecular weight excluding hydrogens is 198 g/mol. The molecule has 0 aliphatic rings. The van der Waals surface area contributed by atoms with Crippen molar-refractivity contribution in [2.24, 2.45) is 0 Å². The Morgan fingerprint density at radius 1 is 1.36 bits per heavy atom. The van der Waals surface area contributed by atoms with Crippen LogP contribution in [0.3, 0.4) is 0 Å². The van der Waals surface area contributed by atoms with Crippen molar-refractivity contribution in [2.75, 3.05) is 14.2 Å². The summed E-state index contributed by atoms with van der Waals surface area (Å²) < 4.78 is 14.5. The Hall–Kier alpha value is -2.12. The summed E-state index contributed by atoms with van der Waals surface area (Å²) in [5.41, 5.74) is -1.29. The minimum Gasteiger partial charge on any atom is -0.497 e. The van der Waals surface area contributed by atoms with Crippen molar-refractivity contribution in [3.8, 4) is 0 Å². The minimum atomic E-state index is -1.41. The van der Waals surface area contributed by atoms with Crippen molar-refractivity contribution in [3.63, 3.8) is 0 Å². The van der Waals surface area contributed by atoms with Crippen LogP contribution in [-0.4, -0.2) is 36.2 Å². The van der Waals surface area contributed by atoms with Crippen LogP contribution in [0.25, 0.3) is 1.43 Å². The fourth-order valence-electron chi connectivity index (χ4n) is 0.536. The molecule has 0 heterocycles. The third kappa shape index (κ3) is 2.44. The maximum atomic E-state index is 10.9. The summed E-state index contributed by atoms with van der Waals surface area (Å²) >= 11 is 0. The van der Waals surface area contributed by atoms with Gasteiger partial charge >= 0.3 is 17.6 Å². The molecule has 0 atom stereocenters. The molecule has 78 valence electrons. The number of aliphatic hydroxyl groups is 1. The van der Waals surface area contributed by atoms with Crippen LogP contribution in [0, 0.1) is 10.1 Å². The van der Waals surface area contributed by atoms with E-state index in [0.717, 1.165) is 14.2 Å². The molecule has 0 aliphatic carbocycles. The Morgan fingerprint density at radius 2 is 1.86 bits per heavy atom. The predicted molar refractivity (Wildman–Crippen MR) is 40.7 cm³/mol. The number of hydrogen-bond donors (Lipinski definition) is 1. The third-order valence-electron chi connectivity index (χ3n) is 1.15. The highest BCUT2D eigenvalue weighted by atomic mass is 16.6. The second-order valence-corrected chi connectivity index (χ2v) is 1.92. The van der Waals surface area contributed by atoms with E-state index in [1.165, 1.54) is 0 Å². The van der Waals surface area contributed by atoms with Crippen LogP contribution in [0.5, 0.6) is 0 Å². The second kappa shape index (κ2) is 4.80. The predicted octanol–water partition coefficient (Wildman–Crippen LogP) is -0.621. The molecule has 0 rings (SSSR count). The van der Waals surface area contributed by atoms with Gasteiger partial charge in [-0.2, -0.15) is 0 Å². The van der Waals surface area contributed by atoms with Crippen LogP contribution in [0.2, 0.25) is 0 Å². The summed E-state index contributed by atoms with van der Waals surface area (Å²) in [6.45, 7) is 0. The molecule has 1 N–H and O–H groups in total. The lowest BCUT2D eigenvalue weighted by Crippen LogP contribution is -2.20. The van der Waals surface area contributed by atoms with E-state index in [-0.39, 0.29) is 0 Å². The number of methoxy groups -OCH3 is 2. The molecule has 0 aromatic carbocycles. The van der Waals surface area contributed by atoms with Gasteiger partial charge in [-0.15, -0.1) is 0 Å². The fourth-order valence-corrected chi connectivity index (χ4v) is 0.536. The smallest absolute Gasteiger partial charge is 0.414 e. The first kappa shape index (κ1) is 9.96. The second-order valence-electron chi connectivity index (χ2n) is 1.92. The molecule has 0 radical (unpaired) electrons. The van der Waals surface area contributed by atoms with Crippen LogP contribution in [0.15, 0.2) is 11.5 Å². The molecule has 0 amide bonds. The van der Waals surface area contributed by atoms with Gasteiger partial charge in [0.1, 0.15) is 0 Å². The zero-order chi connectivity index (χ0) is 12.0. The van der Waals surface area contributed by atoms with Gasteiger partial charge in [-0.05, 0) is 0 Å². The summed E-state index contributed by atoms with van der Waals surface area (Å²) in [5, 5.41) is 14.1. The number of esters is 2. The van der Waals surface area contributed by atoms with Crippen molar-refractivity contribution in [3.05, 3.63) is 21.6 Å². The highest BCUT2D eigenvalue weighted by Crippen LogP contribution is 2.06. The lowest BCUT2D eigenvalue weighted by Gasteiger charge is -1.99. The van der Waals surface area contributed by atoms with E-state index in [1.54, 1.807) is 0 Å². The van der Waals surface area contributed by atoms with Gasteiger partial charge in [-0.25, -0.2) is 9.59 Å². The highest BCUT2D eigenvalue weighted by molar-refractivity contribution is 5.96. The van der Waals surface area contributed by atoms with E-state index in [9.17, 15) is 19.7 Å². The Balaban J connectivity index is 5.48.